The van der Waals surface area contributed by atoms with Gasteiger partial charge in [0.25, 0.3) is 5.91 Å². The molecule has 0 aromatic heterocycles. The predicted octanol–water partition coefficient (Wildman–Crippen LogP) is 1.79. The quantitative estimate of drug-likeness (QED) is 0.714. The summed E-state index contributed by atoms with van der Waals surface area (Å²) in [5, 5.41) is 0. The Bertz CT molecular complexity index is 459. The predicted molar refractivity (Wildman–Crippen MR) is 75.6 cm³/mol. The van der Waals surface area contributed by atoms with Gasteiger partial charge in [0.2, 0.25) is 0 Å². The van der Waals surface area contributed by atoms with Crippen LogP contribution in [0.1, 0.15) is 18.4 Å². The molecule has 0 atom stereocenters. The summed E-state index contributed by atoms with van der Waals surface area (Å²) in [7, 11) is 3.05. The van der Waals surface area contributed by atoms with E-state index in [1.54, 1.807) is 11.9 Å². The van der Waals surface area contributed by atoms with Crippen molar-refractivity contribution in [3.63, 3.8) is 0 Å². The van der Waals surface area contributed by atoms with E-state index in [-0.39, 0.29) is 18.5 Å². The Morgan fingerprint density at radius 3 is 2.70 bits per heavy atom. The van der Waals surface area contributed by atoms with Gasteiger partial charge in [-0.2, -0.15) is 0 Å². The maximum atomic E-state index is 11.8. The van der Waals surface area contributed by atoms with E-state index in [2.05, 4.69) is 4.74 Å². The Balaban J connectivity index is 2.29. The fourth-order valence-corrected chi connectivity index (χ4v) is 1.65. The number of hydrogen-bond acceptors (Lipinski definition) is 4. The highest BCUT2D eigenvalue weighted by Crippen LogP contribution is 2.12. The molecule has 0 spiro atoms. The van der Waals surface area contributed by atoms with E-state index in [9.17, 15) is 9.59 Å². The molecule has 1 amide bonds. The van der Waals surface area contributed by atoms with Gasteiger partial charge in [-0.25, -0.2) is 0 Å². The monoisotopic (exact) mass is 279 g/mol. The molecule has 0 radical (unpaired) electrons. The van der Waals surface area contributed by atoms with Crippen molar-refractivity contribution in [1.82, 2.24) is 4.90 Å². The maximum absolute atomic E-state index is 11.8. The van der Waals surface area contributed by atoms with Crippen LogP contribution in [-0.4, -0.2) is 44.1 Å². The van der Waals surface area contributed by atoms with E-state index in [1.807, 2.05) is 31.2 Å². The molecule has 5 nitrogen and oxygen atoms in total. The standard InChI is InChI=1S/C15H21NO4/c1-12-6-4-7-13(10-12)20-11-14(17)16(2)9-5-8-15(18)19-3/h4,6-7,10H,5,8-9,11H2,1-3H3. The van der Waals surface area contributed by atoms with Crippen LogP contribution in [0.15, 0.2) is 24.3 Å². The third-order valence-corrected chi connectivity index (χ3v) is 2.88. The highest BCUT2D eigenvalue weighted by atomic mass is 16.5. The highest BCUT2D eigenvalue weighted by molar-refractivity contribution is 5.77. The molecule has 0 N–H and O–H groups in total. The molecular formula is C15H21NO4. The summed E-state index contributed by atoms with van der Waals surface area (Å²) in [5.74, 6) is 0.305. The van der Waals surface area contributed by atoms with Crippen LogP contribution in [0.4, 0.5) is 0 Å². The number of rotatable bonds is 7. The minimum absolute atomic E-state index is 0.00181. The molecule has 1 aromatic carbocycles. The van der Waals surface area contributed by atoms with Crippen LogP contribution < -0.4 is 4.74 Å². The largest absolute Gasteiger partial charge is 0.484 e. The van der Waals surface area contributed by atoms with Gasteiger partial charge in [0.1, 0.15) is 5.75 Å². The molecule has 1 rings (SSSR count). The molecule has 0 saturated carbocycles. The van der Waals surface area contributed by atoms with Gasteiger partial charge < -0.3 is 14.4 Å². The second kappa shape index (κ2) is 8.19. The summed E-state index contributed by atoms with van der Waals surface area (Å²) in [4.78, 5) is 24.3. The van der Waals surface area contributed by atoms with Crippen molar-refractivity contribution in [2.75, 3.05) is 27.3 Å². The van der Waals surface area contributed by atoms with Crippen molar-refractivity contribution >= 4 is 11.9 Å². The Hall–Kier alpha value is -2.04. The second-order valence-corrected chi connectivity index (χ2v) is 4.60. The molecule has 0 unspecified atom stereocenters. The van der Waals surface area contributed by atoms with E-state index in [0.717, 1.165) is 5.56 Å². The molecule has 0 saturated heterocycles. The SMILES string of the molecule is COC(=O)CCCN(C)C(=O)COc1cccc(C)c1. The Labute approximate surface area is 119 Å². The summed E-state index contributed by atoms with van der Waals surface area (Å²) in [6.07, 6.45) is 0.895. The summed E-state index contributed by atoms with van der Waals surface area (Å²) in [6.45, 7) is 2.47. The van der Waals surface area contributed by atoms with E-state index >= 15 is 0 Å². The lowest BCUT2D eigenvalue weighted by Gasteiger charge is -2.17. The first kappa shape index (κ1) is 16.0. The summed E-state index contributed by atoms with van der Waals surface area (Å²) in [5.41, 5.74) is 1.08. The normalized spacial score (nSPS) is 9.95. The molecule has 20 heavy (non-hydrogen) atoms. The second-order valence-electron chi connectivity index (χ2n) is 4.60. The minimum atomic E-state index is -0.262. The zero-order chi connectivity index (χ0) is 15.0. The number of amides is 1. The van der Waals surface area contributed by atoms with E-state index < -0.39 is 0 Å². The Morgan fingerprint density at radius 1 is 1.30 bits per heavy atom. The van der Waals surface area contributed by atoms with E-state index in [0.29, 0.717) is 25.1 Å². The number of nitrogens with zero attached hydrogens (tertiary/aromatic N) is 1. The average molecular weight is 279 g/mol. The number of esters is 1. The molecular weight excluding hydrogens is 258 g/mol. The van der Waals surface area contributed by atoms with Gasteiger partial charge in [-0.1, -0.05) is 12.1 Å². The molecule has 0 fully saturated rings. The van der Waals surface area contributed by atoms with Crippen molar-refractivity contribution in [3.8, 4) is 5.75 Å². The topological polar surface area (TPSA) is 55.8 Å². The summed E-state index contributed by atoms with van der Waals surface area (Å²) < 4.78 is 9.98. The van der Waals surface area contributed by atoms with Crippen LogP contribution >= 0.6 is 0 Å². The molecule has 0 bridgehead atoms. The third kappa shape index (κ3) is 5.73. The molecule has 0 aliphatic carbocycles. The molecule has 0 aliphatic heterocycles. The number of aryl methyl sites for hydroxylation is 1. The number of benzene rings is 1. The first-order chi connectivity index (χ1) is 9.52. The Morgan fingerprint density at radius 2 is 2.05 bits per heavy atom. The van der Waals surface area contributed by atoms with Crippen molar-refractivity contribution < 1.29 is 19.1 Å². The number of ether oxygens (including phenoxy) is 2. The van der Waals surface area contributed by atoms with Gasteiger partial charge in [0.15, 0.2) is 6.61 Å². The van der Waals surface area contributed by atoms with Crippen molar-refractivity contribution in [3.05, 3.63) is 29.8 Å². The third-order valence-electron chi connectivity index (χ3n) is 2.88. The smallest absolute Gasteiger partial charge is 0.305 e. The van der Waals surface area contributed by atoms with Crippen LogP contribution in [0.3, 0.4) is 0 Å². The van der Waals surface area contributed by atoms with Crippen molar-refractivity contribution in [2.45, 2.75) is 19.8 Å². The van der Waals surface area contributed by atoms with Crippen LogP contribution in [-0.2, 0) is 14.3 Å². The molecule has 110 valence electrons. The lowest BCUT2D eigenvalue weighted by atomic mass is 10.2. The van der Waals surface area contributed by atoms with Gasteiger partial charge in [0, 0.05) is 20.0 Å². The minimum Gasteiger partial charge on any atom is -0.484 e. The van der Waals surface area contributed by atoms with Crippen molar-refractivity contribution in [1.29, 1.82) is 0 Å². The average Bonchev–Trinajstić information content (AvgIpc) is 2.44. The van der Waals surface area contributed by atoms with Gasteiger partial charge in [-0.3, -0.25) is 9.59 Å². The van der Waals surface area contributed by atoms with Gasteiger partial charge >= 0.3 is 5.97 Å². The summed E-state index contributed by atoms with van der Waals surface area (Å²) in [6, 6.07) is 7.55. The molecule has 0 aliphatic rings. The van der Waals surface area contributed by atoms with Crippen LogP contribution in [0.25, 0.3) is 0 Å². The number of hydrogen-bond donors (Lipinski definition) is 0. The number of methoxy groups -OCH3 is 1. The lowest BCUT2D eigenvalue weighted by Crippen LogP contribution is -2.32. The highest BCUT2D eigenvalue weighted by Gasteiger charge is 2.10. The zero-order valence-corrected chi connectivity index (χ0v) is 12.2. The molecule has 5 heteroatoms. The number of likely N-dealkylation sites (N-methyl/N-ethyl adjacent to an activating group) is 1. The van der Waals surface area contributed by atoms with Gasteiger partial charge in [-0.15, -0.1) is 0 Å². The first-order valence-electron chi connectivity index (χ1n) is 6.53. The van der Waals surface area contributed by atoms with Gasteiger partial charge in [0.05, 0.1) is 7.11 Å². The van der Waals surface area contributed by atoms with E-state index in [4.69, 9.17) is 4.74 Å². The zero-order valence-electron chi connectivity index (χ0n) is 12.2. The maximum Gasteiger partial charge on any atom is 0.305 e. The molecule has 1 aromatic rings. The fraction of sp³-hybridized carbons (Fsp3) is 0.467. The van der Waals surface area contributed by atoms with E-state index in [1.165, 1.54) is 7.11 Å². The Kier molecular flexibility index (Phi) is 6.56. The van der Waals surface area contributed by atoms with Crippen LogP contribution in [0, 0.1) is 6.92 Å². The molecule has 0 heterocycles. The first-order valence-corrected chi connectivity index (χ1v) is 6.53. The van der Waals surface area contributed by atoms with Crippen LogP contribution in [0.2, 0.25) is 0 Å². The fourth-order valence-electron chi connectivity index (χ4n) is 1.65. The number of carbonyl (C=O) groups excluding carboxylic acids is 2. The van der Waals surface area contributed by atoms with Crippen molar-refractivity contribution in [2.24, 2.45) is 0 Å². The summed E-state index contributed by atoms with van der Waals surface area (Å²) >= 11 is 0. The van der Waals surface area contributed by atoms with Crippen LogP contribution in [0.5, 0.6) is 5.75 Å². The number of carbonyl (C=O) groups is 2. The lowest BCUT2D eigenvalue weighted by molar-refractivity contribution is -0.141. The van der Waals surface area contributed by atoms with Gasteiger partial charge in [-0.05, 0) is 31.0 Å².